The number of hydrogen-bond acceptors (Lipinski definition) is 3. The van der Waals surface area contributed by atoms with Crippen molar-refractivity contribution in [2.24, 2.45) is 0 Å². The molecule has 0 spiro atoms. The highest BCUT2D eigenvalue weighted by Gasteiger charge is 2.18. The molecule has 1 aromatic heterocycles. The average molecular weight is 369 g/mol. The largest absolute Gasteiger partial charge is 0.478 e. The quantitative estimate of drug-likeness (QED) is 0.618. The zero-order valence-corrected chi connectivity index (χ0v) is 15.2. The number of carbonyl (C=O) groups is 2. The highest BCUT2D eigenvalue weighted by Crippen LogP contribution is 2.21. The molecule has 1 unspecified atom stereocenters. The van der Waals surface area contributed by atoms with Crippen LogP contribution >= 0.6 is 0 Å². The third-order valence-corrected chi connectivity index (χ3v) is 4.14. The van der Waals surface area contributed by atoms with Crippen molar-refractivity contribution in [1.82, 2.24) is 15.8 Å². The number of hydrogen-bond donors (Lipinski definition) is 3. The van der Waals surface area contributed by atoms with Crippen LogP contribution in [-0.4, -0.2) is 22.9 Å². The molecule has 3 aromatic rings. The van der Waals surface area contributed by atoms with Crippen molar-refractivity contribution in [2.45, 2.75) is 26.9 Å². The molecule has 3 rings (SSSR count). The summed E-state index contributed by atoms with van der Waals surface area (Å²) in [6.45, 7) is 5.40. The van der Waals surface area contributed by atoms with Crippen LogP contribution < -0.4 is 15.6 Å². The summed E-state index contributed by atoms with van der Waals surface area (Å²) in [6, 6.07) is 11.5. The number of benzene rings is 2. The van der Waals surface area contributed by atoms with E-state index in [-0.39, 0.29) is 5.75 Å². The summed E-state index contributed by atoms with van der Waals surface area (Å²) in [4.78, 5) is 27.4. The molecule has 0 saturated carbocycles. The first-order valence-electron chi connectivity index (χ1n) is 8.46. The van der Waals surface area contributed by atoms with E-state index in [0.29, 0.717) is 5.69 Å². The van der Waals surface area contributed by atoms with Gasteiger partial charge in [-0.15, -0.1) is 0 Å². The number of rotatable bonds is 4. The molecule has 0 fully saturated rings. The van der Waals surface area contributed by atoms with Gasteiger partial charge in [-0.05, 0) is 56.2 Å². The molecule has 0 bridgehead atoms. The maximum absolute atomic E-state index is 13.6. The Kier molecular flexibility index (Phi) is 5.12. The van der Waals surface area contributed by atoms with Crippen LogP contribution in [0.1, 0.15) is 28.5 Å². The Balaban J connectivity index is 1.62. The molecule has 3 N–H and O–H groups in total. The first-order chi connectivity index (χ1) is 12.8. The fourth-order valence-corrected chi connectivity index (χ4v) is 2.79. The van der Waals surface area contributed by atoms with Crippen molar-refractivity contribution in [1.29, 1.82) is 0 Å². The zero-order valence-electron chi connectivity index (χ0n) is 15.2. The van der Waals surface area contributed by atoms with E-state index in [4.69, 9.17) is 4.74 Å². The van der Waals surface area contributed by atoms with Crippen LogP contribution in [0, 0.1) is 19.7 Å². The minimum Gasteiger partial charge on any atom is -0.478 e. The average Bonchev–Trinajstić information content (AvgIpc) is 3.05. The van der Waals surface area contributed by atoms with E-state index >= 15 is 0 Å². The van der Waals surface area contributed by atoms with Crippen molar-refractivity contribution in [3.05, 3.63) is 65.1 Å². The molecule has 2 aromatic carbocycles. The van der Waals surface area contributed by atoms with Gasteiger partial charge in [0.15, 0.2) is 17.7 Å². The van der Waals surface area contributed by atoms with E-state index in [1.165, 1.54) is 25.1 Å². The maximum atomic E-state index is 13.6. The highest BCUT2D eigenvalue weighted by molar-refractivity contribution is 5.99. The number of amides is 2. The summed E-state index contributed by atoms with van der Waals surface area (Å²) in [7, 11) is 0. The summed E-state index contributed by atoms with van der Waals surface area (Å²) in [5, 5.41) is 0.938. The van der Waals surface area contributed by atoms with Crippen LogP contribution in [-0.2, 0) is 4.79 Å². The molecule has 0 radical (unpaired) electrons. The monoisotopic (exact) mass is 369 g/mol. The molecular formula is C20H20FN3O3. The molecule has 0 aliphatic heterocycles. The fourth-order valence-electron chi connectivity index (χ4n) is 2.79. The SMILES string of the molecule is Cc1cc(C)c2cc(C(=O)NNC(=O)C(C)Oc3ccccc3F)[nH]c2c1. The Labute approximate surface area is 155 Å². The maximum Gasteiger partial charge on any atom is 0.286 e. The van der Waals surface area contributed by atoms with Crippen LogP contribution in [0.2, 0.25) is 0 Å². The van der Waals surface area contributed by atoms with Crippen molar-refractivity contribution < 1.29 is 18.7 Å². The summed E-state index contributed by atoms with van der Waals surface area (Å²) in [6.07, 6.45) is -0.991. The van der Waals surface area contributed by atoms with Crippen LogP contribution in [0.25, 0.3) is 10.9 Å². The molecule has 7 heteroatoms. The second kappa shape index (κ2) is 7.49. The number of aromatic nitrogens is 1. The number of fused-ring (bicyclic) bond motifs is 1. The van der Waals surface area contributed by atoms with Crippen LogP contribution in [0.5, 0.6) is 5.75 Å². The lowest BCUT2D eigenvalue weighted by Crippen LogP contribution is -2.47. The van der Waals surface area contributed by atoms with Gasteiger partial charge in [-0.25, -0.2) is 4.39 Å². The Morgan fingerprint density at radius 2 is 1.85 bits per heavy atom. The number of aryl methyl sites for hydroxylation is 2. The summed E-state index contributed by atoms with van der Waals surface area (Å²) >= 11 is 0. The lowest BCUT2D eigenvalue weighted by molar-refractivity contribution is -0.128. The first kappa shape index (κ1) is 18.4. The first-order valence-corrected chi connectivity index (χ1v) is 8.46. The van der Waals surface area contributed by atoms with E-state index in [1.807, 2.05) is 26.0 Å². The summed E-state index contributed by atoms with van der Waals surface area (Å²) < 4.78 is 18.9. The number of halogens is 1. The Hall–Kier alpha value is -3.35. The molecule has 0 aliphatic carbocycles. The predicted molar refractivity (Wildman–Crippen MR) is 99.9 cm³/mol. The fraction of sp³-hybridized carbons (Fsp3) is 0.200. The van der Waals surface area contributed by atoms with Crippen molar-refractivity contribution >= 4 is 22.7 Å². The van der Waals surface area contributed by atoms with Crippen LogP contribution in [0.3, 0.4) is 0 Å². The van der Waals surface area contributed by atoms with E-state index in [9.17, 15) is 14.0 Å². The topological polar surface area (TPSA) is 83.2 Å². The molecular weight excluding hydrogens is 349 g/mol. The number of carbonyl (C=O) groups excluding carboxylic acids is 2. The number of ether oxygens (including phenoxy) is 1. The van der Waals surface area contributed by atoms with Gasteiger partial charge in [0.1, 0.15) is 5.69 Å². The predicted octanol–water partition coefficient (Wildman–Crippen LogP) is 3.15. The van der Waals surface area contributed by atoms with Gasteiger partial charge in [0.2, 0.25) is 0 Å². The van der Waals surface area contributed by atoms with Gasteiger partial charge in [-0.3, -0.25) is 20.4 Å². The van der Waals surface area contributed by atoms with Gasteiger partial charge < -0.3 is 9.72 Å². The van der Waals surface area contributed by atoms with Gasteiger partial charge in [0.25, 0.3) is 11.8 Å². The third kappa shape index (κ3) is 4.08. The van der Waals surface area contributed by atoms with E-state index in [1.54, 1.807) is 12.1 Å². The van der Waals surface area contributed by atoms with Crippen molar-refractivity contribution in [3.63, 3.8) is 0 Å². The smallest absolute Gasteiger partial charge is 0.286 e. The van der Waals surface area contributed by atoms with Gasteiger partial charge in [-0.2, -0.15) is 0 Å². The normalized spacial score (nSPS) is 11.9. The number of nitrogens with one attached hydrogen (secondary N) is 3. The van der Waals surface area contributed by atoms with E-state index in [2.05, 4.69) is 15.8 Å². The van der Waals surface area contributed by atoms with Gasteiger partial charge in [0, 0.05) is 10.9 Å². The second-order valence-corrected chi connectivity index (χ2v) is 6.36. The molecule has 27 heavy (non-hydrogen) atoms. The zero-order chi connectivity index (χ0) is 19.6. The van der Waals surface area contributed by atoms with Crippen LogP contribution in [0.4, 0.5) is 4.39 Å². The summed E-state index contributed by atoms with van der Waals surface area (Å²) in [5.74, 6) is -1.69. The standard InChI is InChI=1S/C20H20FN3O3/c1-11-8-12(2)14-10-17(22-16(14)9-11)20(26)24-23-19(25)13(3)27-18-7-5-4-6-15(18)21/h4-10,13,22H,1-3H3,(H,23,25)(H,24,26). The Bertz CT molecular complexity index is 1010. The lowest BCUT2D eigenvalue weighted by atomic mass is 10.1. The molecule has 0 aliphatic rings. The Morgan fingerprint density at radius 3 is 2.59 bits per heavy atom. The van der Waals surface area contributed by atoms with Crippen LogP contribution in [0.15, 0.2) is 42.5 Å². The van der Waals surface area contributed by atoms with Gasteiger partial charge >= 0.3 is 0 Å². The molecule has 140 valence electrons. The Morgan fingerprint density at radius 1 is 1.11 bits per heavy atom. The third-order valence-electron chi connectivity index (χ3n) is 4.14. The van der Waals surface area contributed by atoms with Gasteiger partial charge in [0.05, 0.1) is 0 Å². The summed E-state index contributed by atoms with van der Waals surface area (Å²) in [5.41, 5.74) is 7.92. The molecule has 1 heterocycles. The number of para-hydroxylation sites is 1. The lowest BCUT2D eigenvalue weighted by Gasteiger charge is -2.15. The highest BCUT2D eigenvalue weighted by atomic mass is 19.1. The van der Waals surface area contributed by atoms with E-state index < -0.39 is 23.7 Å². The number of hydrazine groups is 1. The molecule has 2 amide bonds. The number of H-pyrrole nitrogens is 1. The number of aromatic amines is 1. The minimum absolute atomic E-state index is 0.0343. The van der Waals surface area contributed by atoms with Gasteiger partial charge in [-0.1, -0.05) is 18.2 Å². The minimum atomic E-state index is -0.991. The molecule has 1 atom stereocenters. The molecule has 6 nitrogen and oxygen atoms in total. The second-order valence-electron chi connectivity index (χ2n) is 6.36. The van der Waals surface area contributed by atoms with E-state index in [0.717, 1.165) is 22.0 Å². The molecule has 0 saturated heterocycles. The van der Waals surface area contributed by atoms with Crippen molar-refractivity contribution in [3.8, 4) is 5.75 Å². The van der Waals surface area contributed by atoms with Crippen molar-refractivity contribution in [2.75, 3.05) is 0 Å².